The third-order valence-corrected chi connectivity index (χ3v) is 4.66. The molecule has 2 rings (SSSR count). The van der Waals surface area contributed by atoms with E-state index in [1.807, 2.05) is 0 Å². The van der Waals surface area contributed by atoms with Crippen LogP contribution < -0.4 is 5.56 Å². The van der Waals surface area contributed by atoms with Crippen LogP contribution in [0.15, 0.2) is 15.8 Å². The summed E-state index contributed by atoms with van der Waals surface area (Å²) < 4.78 is 29.0. The van der Waals surface area contributed by atoms with Crippen molar-refractivity contribution in [2.24, 2.45) is 0 Å². The molecule has 17 heavy (non-hydrogen) atoms. The van der Waals surface area contributed by atoms with Gasteiger partial charge in [-0.25, -0.2) is 8.42 Å². The number of fused-ring (bicyclic) bond motifs is 1. The van der Waals surface area contributed by atoms with Gasteiger partial charge in [-0.15, -0.1) is 0 Å². The third kappa shape index (κ3) is 2.42. The van der Waals surface area contributed by atoms with Crippen LogP contribution in [0.5, 0.6) is 0 Å². The van der Waals surface area contributed by atoms with E-state index in [-0.39, 0.29) is 10.6 Å². The van der Waals surface area contributed by atoms with Crippen LogP contribution >= 0.6 is 0 Å². The van der Waals surface area contributed by atoms with E-state index in [1.165, 1.54) is 6.07 Å². The number of H-pyrrole nitrogens is 1. The van der Waals surface area contributed by atoms with E-state index in [2.05, 4.69) is 4.98 Å². The third-order valence-electron chi connectivity index (χ3n) is 2.74. The Labute approximate surface area is 99.7 Å². The summed E-state index contributed by atoms with van der Waals surface area (Å²) in [4.78, 5) is 14.2. The molecule has 0 fully saturated rings. The molecule has 1 aliphatic heterocycles. The molecular weight excluding hydrogens is 242 g/mol. The Morgan fingerprint density at radius 2 is 2.24 bits per heavy atom. The lowest BCUT2D eigenvalue weighted by Gasteiger charge is -2.16. The second-order valence-corrected chi connectivity index (χ2v) is 6.17. The van der Waals surface area contributed by atoms with Gasteiger partial charge in [-0.2, -0.15) is 0 Å². The molecule has 0 atom stereocenters. The Bertz CT molecular complexity index is 574. The highest BCUT2D eigenvalue weighted by Crippen LogP contribution is 2.16. The van der Waals surface area contributed by atoms with E-state index < -0.39 is 15.4 Å². The van der Waals surface area contributed by atoms with E-state index >= 15 is 0 Å². The van der Waals surface area contributed by atoms with Crippen LogP contribution in [0, 0.1) is 0 Å². The van der Waals surface area contributed by atoms with Crippen molar-refractivity contribution in [3.8, 4) is 0 Å². The molecule has 0 aromatic carbocycles. The van der Waals surface area contributed by atoms with Crippen molar-refractivity contribution in [1.82, 2.24) is 4.98 Å². The number of pyridine rings is 1. The van der Waals surface area contributed by atoms with Crippen molar-refractivity contribution in [1.29, 1.82) is 0 Å². The van der Waals surface area contributed by atoms with E-state index in [4.69, 9.17) is 4.74 Å². The minimum atomic E-state index is -3.47. The van der Waals surface area contributed by atoms with Crippen LogP contribution in [0.4, 0.5) is 0 Å². The Morgan fingerprint density at radius 3 is 2.94 bits per heavy atom. The summed E-state index contributed by atoms with van der Waals surface area (Å²) >= 11 is 0. The second kappa shape index (κ2) is 4.62. The molecule has 0 saturated heterocycles. The topological polar surface area (TPSA) is 76.2 Å². The highest BCUT2D eigenvalue weighted by molar-refractivity contribution is 7.91. The van der Waals surface area contributed by atoms with Gasteiger partial charge in [0.2, 0.25) is 0 Å². The van der Waals surface area contributed by atoms with Crippen LogP contribution in [0.3, 0.4) is 0 Å². The molecular formula is C11H15NO4S. The first-order chi connectivity index (χ1) is 8.04. The van der Waals surface area contributed by atoms with Gasteiger partial charge in [0.25, 0.3) is 5.56 Å². The molecule has 0 saturated carbocycles. The predicted molar refractivity (Wildman–Crippen MR) is 62.8 cm³/mol. The normalized spacial score (nSPS) is 15.6. The average molecular weight is 257 g/mol. The number of rotatable bonds is 3. The minimum absolute atomic E-state index is 0.00424. The summed E-state index contributed by atoms with van der Waals surface area (Å²) in [6, 6.07) is 1.46. The zero-order valence-electron chi connectivity index (χ0n) is 9.65. The van der Waals surface area contributed by atoms with Gasteiger partial charge in [0.1, 0.15) is 4.90 Å². The minimum Gasteiger partial charge on any atom is -0.376 e. The van der Waals surface area contributed by atoms with Gasteiger partial charge >= 0.3 is 0 Å². The summed E-state index contributed by atoms with van der Waals surface area (Å²) in [5, 5.41) is 0. The summed E-state index contributed by atoms with van der Waals surface area (Å²) in [5.74, 6) is -0.00424. The Balaban J connectivity index is 2.53. The largest absolute Gasteiger partial charge is 0.376 e. The Morgan fingerprint density at radius 1 is 1.47 bits per heavy atom. The zero-order valence-corrected chi connectivity index (χ0v) is 10.5. The van der Waals surface area contributed by atoms with Crippen LogP contribution in [-0.2, 0) is 27.6 Å². The maximum atomic E-state index is 11.9. The maximum absolute atomic E-state index is 11.9. The van der Waals surface area contributed by atoms with Gasteiger partial charge in [0, 0.05) is 12.1 Å². The first-order valence-electron chi connectivity index (χ1n) is 5.60. The first-order valence-corrected chi connectivity index (χ1v) is 7.25. The summed E-state index contributed by atoms with van der Waals surface area (Å²) in [6.45, 7) is 2.69. The lowest BCUT2D eigenvalue weighted by Crippen LogP contribution is -2.24. The molecule has 1 aromatic heterocycles. The van der Waals surface area contributed by atoms with Gasteiger partial charge in [-0.1, -0.05) is 6.92 Å². The van der Waals surface area contributed by atoms with Crippen LogP contribution in [0.1, 0.15) is 24.6 Å². The molecule has 0 radical (unpaired) electrons. The van der Waals surface area contributed by atoms with Crippen LogP contribution in [0.25, 0.3) is 0 Å². The van der Waals surface area contributed by atoms with Crippen molar-refractivity contribution in [3.63, 3.8) is 0 Å². The summed E-state index contributed by atoms with van der Waals surface area (Å²) in [6.07, 6.45) is 1.12. The van der Waals surface area contributed by atoms with Crippen molar-refractivity contribution in [3.05, 3.63) is 27.7 Å². The smallest absolute Gasteiger partial charge is 0.266 e. The van der Waals surface area contributed by atoms with E-state index in [0.717, 1.165) is 11.3 Å². The standard InChI is InChI=1S/C11H15NO4S/c1-2-5-17(14,15)10-6-8-7-16-4-3-9(8)12-11(10)13/h6H,2-5,7H2,1H3,(H,12,13). The van der Waals surface area contributed by atoms with Crippen LogP contribution in [-0.4, -0.2) is 25.8 Å². The lowest BCUT2D eigenvalue weighted by molar-refractivity contribution is 0.109. The molecule has 2 heterocycles. The van der Waals surface area contributed by atoms with Crippen molar-refractivity contribution in [2.45, 2.75) is 31.3 Å². The molecule has 0 unspecified atom stereocenters. The molecule has 0 bridgehead atoms. The number of ether oxygens (including phenoxy) is 1. The zero-order chi connectivity index (χ0) is 12.5. The SMILES string of the molecule is CCCS(=O)(=O)c1cc2c([nH]c1=O)CCOC2. The van der Waals surface area contributed by atoms with Gasteiger partial charge in [0.05, 0.1) is 19.0 Å². The molecule has 6 heteroatoms. The molecule has 0 spiro atoms. The van der Waals surface area contributed by atoms with E-state index in [0.29, 0.717) is 26.1 Å². The number of sulfone groups is 1. The molecule has 5 nitrogen and oxygen atoms in total. The Kier molecular flexibility index (Phi) is 3.35. The monoisotopic (exact) mass is 257 g/mol. The van der Waals surface area contributed by atoms with Gasteiger partial charge in [-0.3, -0.25) is 4.79 Å². The predicted octanol–water partition coefficient (Wildman–Crippen LogP) is 0.631. The van der Waals surface area contributed by atoms with Crippen molar-refractivity contribution < 1.29 is 13.2 Å². The molecule has 1 aromatic rings. The Hall–Kier alpha value is -1.14. The van der Waals surface area contributed by atoms with Gasteiger partial charge in [-0.05, 0) is 18.1 Å². The number of hydrogen-bond donors (Lipinski definition) is 1. The van der Waals surface area contributed by atoms with Crippen molar-refractivity contribution in [2.75, 3.05) is 12.4 Å². The fourth-order valence-corrected chi connectivity index (χ4v) is 3.32. The highest BCUT2D eigenvalue weighted by atomic mass is 32.2. The summed E-state index contributed by atoms with van der Waals surface area (Å²) in [5.41, 5.74) is 1.04. The number of hydrogen-bond acceptors (Lipinski definition) is 4. The molecule has 1 aliphatic rings. The molecule has 94 valence electrons. The molecule has 0 amide bonds. The maximum Gasteiger partial charge on any atom is 0.266 e. The fraction of sp³-hybridized carbons (Fsp3) is 0.545. The van der Waals surface area contributed by atoms with Crippen molar-refractivity contribution >= 4 is 9.84 Å². The number of aromatic amines is 1. The quantitative estimate of drug-likeness (QED) is 0.861. The van der Waals surface area contributed by atoms with E-state index in [9.17, 15) is 13.2 Å². The molecule has 1 N–H and O–H groups in total. The molecule has 0 aliphatic carbocycles. The second-order valence-electron chi connectivity index (χ2n) is 4.09. The number of aromatic nitrogens is 1. The van der Waals surface area contributed by atoms with E-state index in [1.54, 1.807) is 6.92 Å². The van der Waals surface area contributed by atoms with Gasteiger partial charge in [0.15, 0.2) is 9.84 Å². The summed E-state index contributed by atoms with van der Waals surface area (Å²) in [7, 11) is -3.47. The average Bonchev–Trinajstić information content (AvgIpc) is 2.27. The lowest BCUT2D eigenvalue weighted by atomic mass is 10.1. The highest BCUT2D eigenvalue weighted by Gasteiger charge is 2.21. The number of nitrogens with one attached hydrogen (secondary N) is 1. The van der Waals surface area contributed by atoms with Crippen LogP contribution in [0.2, 0.25) is 0 Å². The first kappa shape index (κ1) is 12.3. The fourth-order valence-electron chi connectivity index (χ4n) is 1.91. The van der Waals surface area contributed by atoms with Gasteiger partial charge < -0.3 is 9.72 Å².